The molecule has 0 amide bonds. The molecule has 2 aliphatic rings. The minimum absolute atomic E-state index is 0.157. The molecule has 3 rings (SSSR count). The van der Waals surface area contributed by atoms with Crippen LogP contribution >= 0.6 is 15.9 Å². The van der Waals surface area contributed by atoms with E-state index < -0.39 is 0 Å². The maximum atomic E-state index is 4.44. The molecule has 1 fully saturated rings. The molecule has 2 heterocycles. The van der Waals surface area contributed by atoms with Crippen LogP contribution in [-0.2, 0) is 5.41 Å². The van der Waals surface area contributed by atoms with Crippen LogP contribution in [0.2, 0.25) is 0 Å². The lowest BCUT2D eigenvalue weighted by molar-refractivity contribution is 0.351. The van der Waals surface area contributed by atoms with E-state index >= 15 is 0 Å². The highest BCUT2D eigenvalue weighted by molar-refractivity contribution is 9.10. The molecule has 0 atom stereocenters. The van der Waals surface area contributed by atoms with Gasteiger partial charge in [-0.1, -0.05) is 25.8 Å². The Bertz CT molecular complexity index is 447. The van der Waals surface area contributed by atoms with Crippen LogP contribution in [0.3, 0.4) is 0 Å². The van der Waals surface area contributed by atoms with Gasteiger partial charge in [-0.3, -0.25) is 0 Å². The lowest BCUT2D eigenvalue weighted by atomic mass is 9.69. The molecule has 0 radical (unpaired) electrons. The van der Waals surface area contributed by atoms with Gasteiger partial charge >= 0.3 is 0 Å². The van der Waals surface area contributed by atoms with Crippen LogP contribution in [0.1, 0.15) is 37.7 Å². The van der Waals surface area contributed by atoms with Crippen LogP contribution in [-0.4, -0.2) is 4.98 Å². The van der Waals surface area contributed by atoms with E-state index in [-0.39, 0.29) is 5.41 Å². The van der Waals surface area contributed by atoms with Crippen LogP contribution < -0.4 is 5.32 Å². The predicted molar refractivity (Wildman–Crippen MR) is 69.5 cm³/mol. The lowest BCUT2D eigenvalue weighted by Gasteiger charge is -2.34. The number of pyridine rings is 1. The Balaban J connectivity index is 2.13. The van der Waals surface area contributed by atoms with Gasteiger partial charge in [0.05, 0.1) is 0 Å². The molecule has 1 aromatic heterocycles. The maximum absolute atomic E-state index is 4.44. The molecule has 2 nitrogen and oxygen atoms in total. The lowest BCUT2D eigenvalue weighted by Crippen LogP contribution is -2.28. The summed E-state index contributed by atoms with van der Waals surface area (Å²) in [5.74, 6) is 1.01. The zero-order valence-corrected chi connectivity index (χ0v) is 10.8. The molecule has 0 aromatic carbocycles. The topological polar surface area (TPSA) is 24.9 Å². The smallest absolute Gasteiger partial charge is 0.134 e. The summed E-state index contributed by atoms with van der Waals surface area (Å²) >= 11 is 3.51. The fourth-order valence-corrected chi connectivity index (χ4v) is 3.39. The summed E-state index contributed by atoms with van der Waals surface area (Å²) in [4.78, 5) is 4.44. The van der Waals surface area contributed by atoms with Crippen LogP contribution in [0.15, 0.2) is 29.0 Å². The Hall–Kier alpha value is -0.830. The second-order valence-corrected chi connectivity index (χ2v) is 5.71. The molecule has 1 aromatic rings. The highest BCUT2D eigenvalue weighted by Gasteiger charge is 2.43. The minimum atomic E-state index is 0.157. The molecule has 84 valence electrons. The number of allylic oxidation sites excluding steroid dienone is 1. The van der Waals surface area contributed by atoms with Gasteiger partial charge in [-0.05, 0) is 34.8 Å². The third-order valence-electron chi connectivity index (χ3n) is 3.92. The van der Waals surface area contributed by atoms with Gasteiger partial charge < -0.3 is 5.32 Å². The summed E-state index contributed by atoms with van der Waals surface area (Å²) in [5.41, 5.74) is 2.64. The first kappa shape index (κ1) is 10.3. The van der Waals surface area contributed by atoms with E-state index in [0.29, 0.717) is 0 Å². The molecule has 1 aliphatic carbocycles. The summed E-state index contributed by atoms with van der Waals surface area (Å²) in [6, 6.07) is 2.21. The monoisotopic (exact) mass is 278 g/mol. The van der Waals surface area contributed by atoms with Gasteiger partial charge in [0.15, 0.2) is 0 Å². The molecule has 1 aliphatic heterocycles. The summed E-state index contributed by atoms with van der Waals surface area (Å²) in [6.45, 7) is 4.21. The van der Waals surface area contributed by atoms with Gasteiger partial charge in [0.25, 0.3) is 0 Å². The fourth-order valence-electron chi connectivity index (χ4n) is 3.06. The van der Waals surface area contributed by atoms with Gasteiger partial charge in [0, 0.05) is 27.3 Å². The van der Waals surface area contributed by atoms with Gasteiger partial charge in [-0.25, -0.2) is 4.98 Å². The SMILES string of the molecule is C=C1Nc2ncc(Br)cc2C12CCCCC2. The molecule has 1 N–H and O–H groups in total. The van der Waals surface area contributed by atoms with E-state index in [2.05, 4.69) is 38.9 Å². The maximum Gasteiger partial charge on any atom is 0.134 e. The van der Waals surface area contributed by atoms with Crippen LogP contribution in [0.4, 0.5) is 5.82 Å². The first-order valence-corrected chi connectivity index (χ1v) is 6.64. The number of nitrogens with one attached hydrogen (secondary N) is 1. The number of rotatable bonds is 0. The Morgan fingerprint density at radius 2 is 2.06 bits per heavy atom. The summed E-state index contributed by atoms with van der Waals surface area (Å²) < 4.78 is 1.06. The molecule has 0 saturated heterocycles. The number of nitrogens with zero attached hydrogens (tertiary/aromatic N) is 1. The number of fused-ring (bicyclic) bond motifs is 2. The number of anilines is 1. The quantitative estimate of drug-likeness (QED) is 0.776. The molecular formula is C13H15BrN2. The average molecular weight is 279 g/mol. The number of halogens is 1. The second kappa shape index (κ2) is 3.59. The zero-order valence-electron chi connectivity index (χ0n) is 9.22. The van der Waals surface area contributed by atoms with E-state index in [0.717, 1.165) is 16.0 Å². The third kappa shape index (κ3) is 1.34. The zero-order chi connectivity index (χ0) is 11.2. The first-order chi connectivity index (χ1) is 7.72. The van der Waals surface area contributed by atoms with Crippen molar-refractivity contribution in [2.45, 2.75) is 37.5 Å². The second-order valence-electron chi connectivity index (χ2n) is 4.80. The van der Waals surface area contributed by atoms with Crippen molar-refractivity contribution in [3.8, 4) is 0 Å². The van der Waals surface area contributed by atoms with Crippen molar-refractivity contribution in [3.63, 3.8) is 0 Å². The van der Waals surface area contributed by atoms with Crippen molar-refractivity contribution in [1.29, 1.82) is 0 Å². The summed E-state index contributed by atoms with van der Waals surface area (Å²) in [5, 5.41) is 3.36. The van der Waals surface area contributed by atoms with Crippen LogP contribution in [0, 0.1) is 0 Å². The number of aromatic nitrogens is 1. The number of hydrogen-bond donors (Lipinski definition) is 1. The van der Waals surface area contributed by atoms with E-state index in [1.165, 1.54) is 37.7 Å². The Labute approximate surface area is 104 Å². The van der Waals surface area contributed by atoms with E-state index in [4.69, 9.17) is 0 Å². The highest BCUT2D eigenvalue weighted by Crippen LogP contribution is 2.51. The van der Waals surface area contributed by atoms with E-state index in [9.17, 15) is 0 Å². The molecule has 1 spiro atoms. The third-order valence-corrected chi connectivity index (χ3v) is 4.36. The first-order valence-electron chi connectivity index (χ1n) is 5.85. The standard InChI is InChI=1S/C13H15BrN2/c1-9-13(5-3-2-4-6-13)11-7-10(14)8-15-12(11)16-9/h7-8H,1-6H2,(H,15,16). The van der Waals surface area contributed by atoms with Crippen molar-refractivity contribution < 1.29 is 0 Å². The molecular weight excluding hydrogens is 264 g/mol. The molecule has 1 saturated carbocycles. The molecule has 16 heavy (non-hydrogen) atoms. The largest absolute Gasteiger partial charge is 0.343 e. The predicted octanol–water partition coefficient (Wildman–Crippen LogP) is 3.99. The Morgan fingerprint density at radius 3 is 2.81 bits per heavy atom. The Morgan fingerprint density at radius 1 is 1.31 bits per heavy atom. The van der Waals surface area contributed by atoms with Gasteiger partial charge in [0.2, 0.25) is 0 Å². The average Bonchev–Trinajstić information content (AvgIpc) is 2.55. The van der Waals surface area contributed by atoms with Crippen molar-refractivity contribution >= 4 is 21.7 Å². The summed E-state index contributed by atoms with van der Waals surface area (Å²) in [7, 11) is 0. The minimum Gasteiger partial charge on any atom is -0.343 e. The normalized spacial score (nSPS) is 21.9. The Kier molecular flexibility index (Phi) is 2.32. The van der Waals surface area contributed by atoms with E-state index in [1.54, 1.807) is 0 Å². The number of hydrogen-bond acceptors (Lipinski definition) is 2. The van der Waals surface area contributed by atoms with Crippen molar-refractivity contribution in [2.75, 3.05) is 5.32 Å². The van der Waals surface area contributed by atoms with Crippen molar-refractivity contribution in [2.24, 2.45) is 0 Å². The highest BCUT2D eigenvalue weighted by atomic mass is 79.9. The van der Waals surface area contributed by atoms with Gasteiger partial charge in [0.1, 0.15) is 5.82 Å². The van der Waals surface area contributed by atoms with E-state index in [1.807, 2.05) is 6.20 Å². The van der Waals surface area contributed by atoms with Crippen molar-refractivity contribution in [1.82, 2.24) is 4.98 Å². The van der Waals surface area contributed by atoms with Gasteiger partial charge in [-0.2, -0.15) is 0 Å². The molecule has 0 bridgehead atoms. The van der Waals surface area contributed by atoms with Crippen LogP contribution in [0.5, 0.6) is 0 Å². The summed E-state index contributed by atoms with van der Waals surface area (Å²) in [6.07, 6.45) is 8.22. The van der Waals surface area contributed by atoms with Crippen molar-refractivity contribution in [3.05, 3.63) is 34.6 Å². The van der Waals surface area contributed by atoms with Crippen LogP contribution in [0.25, 0.3) is 0 Å². The molecule has 3 heteroatoms. The fraction of sp³-hybridized carbons (Fsp3) is 0.462. The van der Waals surface area contributed by atoms with Gasteiger partial charge in [-0.15, -0.1) is 0 Å². The molecule has 0 unspecified atom stereocenters.